The number of aliphatic hydroxyl groups is 1. The number of esters is 1. The Balaban J connectivity index is 1.69. The molecular formula is C26H40O6. The second-order valence-corrected chi connectivity index (χ2v) is 11.8. The van der Waals surface area contributed by atoms with Crippen LogP contribution in [0.15, 0.2) is 0 Å². The Morgan fingerprint density at radius 3 is 2.53 bits per heavy atom. The Bertz CT molecular complexity index is 778. The van der Waals surface area contributed by atoms with Gasteiger partial charge >= 0.3 is 11.9 Å². The molecule has 4 saturated carbocycles. The number of ether oxygens (including phenoxy) is 1. The van der Waals surface area contributed by atoms with Crippen LogP contribution in [0.25, 0.3) is 0 Å². The normalized spacial score (nSPS) is 46.5. The zero-order valence-electron chi connectivity index (χ0n) is 20.0. The van der Waals surface area contributed by atoms with Crippen molar-refractivity contribution in [2.45, 2.75) is 97.7 Å². The number of aliphatic carboxylic acids is 1. The number of carboxylic acid groups (broad SMARTS) is 1. The third-order valence-electron chi connectivity index (χ3n) is 10.4. The van der Waals surface area contributed by atoms with Crippen LogP contribution in [-0.4, -0.2) is 40.1 Å². The lowest BCUT2D eigenvalue weighted by Gasteiger charge is -2.62. The second-order valence-electron chi connectivity index (χ2n) is 11.8. The van der Waals surface area contributed by atoms with Crippen molar-refractivity contribution in [1.82, 2.24) is 0 Å². The van der Waals surface area contributed by atoms with Gasteiger partial charge in [0.05, 0.1) is 6.10 Å². The monoisotopic (exact) mass is 448 g/mol. The van der Waals surface area contributed by atoms with Gasteiger partial charge in [-0.3, -0.25) is 14.4 Å². The molecule has 0 heterocycles. The average Bonchev–Trinajstić information content (AvgIpc) is 3.06. The van der Waals surface area contributed by atoms with Crippen LogP contribution in [0.3, 0.4) is 0 Å². The SMILES string of the molecule is CC(=O)O[C@H]1C[C@H]2[C@@H](C(=O)C[C@@H]3C[C@H](O)CC[C@@]32C)[C@@H]2CC[C@H]([C@H](C)CCC(=O)O)[C@@]12C. The van der Waals surface area contributed by atoms with Gasteiger partial charge in [-0.2, -0.15) is 0 Å². The first-order valence-electron chi connectivity index (χ1n) is 12.6. The van der Waals surface area contributed by atoms with Gasteiger partial charge in [0.25, 0.3) is 0 Å². The Morgan fingerprint density at radius 1 is 1.16 bits per heavy atom. The maximum absolute atomic E-state index is 13.6. The maximum Gasteiger partial charge on any atom is 0.303 e. The predicted octanol–water partition coefficient (Wildman–Crippen LogP) is 4.23. The van der Waals surface area contributed by atoms with Crippen molar-refractivity contribution in [3.8, 4) is 0 Å². The summed E-state index contributed by atoms with van der Waals surface area (Å²) in [6, 6.07) is 0. The molecule has 2 N–H and O–H groups in total. The molecule has 0 bridgehead atoms. The molecule has 0 amide bonds. The van der Waals surface area contributed by atoms with Crippen molar-refractivity contribution >= 4 is 17.7 Å². The van der Waals surface area contributed by atoms with Gasteiger partial charge in [0.2, 0.25) is 0 Å². The highest BCUT2D eigenvalue weighted by Gasteiger charge is 2.66. The number of carboxylic acids is 1. The van der Waals surface area contributed by atoms with E-state index in [9.17, 15) is 24.6 Å². The number of rotatable bonds is 5. The van der Waals surface area contributed by atoms with E-state index >= 15 is 0 Å². The highest BCUT2D eigenvalue weighted by atomic mass is 16.5. The van der Waals surface area contributed by atoms with Gasteiger partial charge in [0.15, 0.2) is 0 Å². The highest BCUT2D eigenvalue weighted by Crippen LogP contribution is 2.68. The van der Waals surface area contributed by atoms with E-state index in [1.165, 1.54) is 6.92 Å². The third kappa shape index (κ3) is 3.70. The van der Waals surface area contributed by atoms with Crippen LogP contribution in [-0.2, 0) is 19.1 Å². The molecule has 0 aromatic rings. The molecule has 4 fully saturated rings. The standard InChI is InChI=1S/C26H40O6/c1-14(5-8-23(30)31)18-6-7-19-24-20(13-22(26(18,19)4)32-15(2)27)25(3)10-9-17(28)11-16(25)12-21(24)29/h14,16-20,22,24,28H,5-13H2,1-4H3,(H,30,31)/t14-,16+,17-,18-,19+,20+,22+,24+,25+,26-/m1/s1. The van der Waals surface area contributed by atoms with E-state index in [2.05, 4.69) is 20.8 Å². The molecule has 0 aromatic heterocycles. The number of carbonyl (C=O) groups excluding carboxylic acids is 2. The molecule has 10 atom stereocenters. The van der Waals surface area contributed by atoms with Crippen LogP contribution in [0.2, 0.25) is 0 Å². The quantitative estimate of drug-likeness (QED) is 0.611. The molecule has 0 unspecified atom stereocenters. The highest BCUT2D eigenvalue weighted by molar-refractivity contribution is 5.83. The zero-order chi connectivity index (χ0) is 23.4. The lowest BCUT2D eigenvalue weighted by atomic mass is 9.43. The summed E-state index contributed by atoms with van der Waals surface area (Å²) in [4.78, 5) is 36.9. The minimum atomic E-state index is -0.780. The van der Waals surface area contributed by atoms with Gasteiger partial charge in [0, 0.05) is 31.1 Å². The van der Waals surface area contributed by atoms with Crippen molar-refractivity contribution in [2.24, 2.45) is 46.3 Å². The van der Waals surface area contributed by atoms with E-state index in [4.69, 9.17) is 4.74 Å². The summed E-state index contributed by atoms with van der Waals surface area (Å²) >= 11 is 0. The predicted molar refractivity (Wildman–Crippen MR) is 119 cm³/mol. The molecule has 4 rings (SSSR count). The molecule has 0 aromatic carbocycles. The number of aliphatic hydroxyl groups excluding tert-OH is 1. The van der Waals surface area contributed by atoms with Crippen LogP contribution < -0.4 is 0 Å². The summed E-state index contributed by atoms with van der Waals surface area (Å²) in [6.07, 6.45) is 5.72. The summed E-state index contributed by atoms with van der Waals surface area (Å²) in [5.41, 5.74) is -0.317. The van der Waals surface area contributed by atoms with E-state index < -0.39 is 5.97 Å². The zero-order valence-corrected chi connectivity index (χ0v) is 20.0. The van der Waals surface area contributed by atoms with Gasteiger partial charge in [-0.15, -0.1) is 0 Å². The Hall–Kier alpha value is -1.43. The summed E-state index contributed by atoms with van der Waals surface area (Å²) in [7, 11) is 0. The fourth-order valence-corrected chi connectivity index (χ4v) is 8.75. The lowest BCUT2D eigenvalue weighted by Crippen LogP contribution is -2.62. The van der Waals surface area contributed by atoms with Crippen molar-refractivity contribution in [3.05, 3.63) is 0 Å². The van der Waals surface area contributed by atoms with Crippen molar-refractivity contribution < 1.29 is 29.3 Å². The van der Waals surface area contributed by atoms with Crippen LogP contribution in [0, 0.1) is 46.3 Å². The van der Waals surface area contributed by atoms with Gasteiger partial charge in [0.1, 0.15) is 11.9 Å². The molecule has 4 aliphatic carbocycles. The number of Topliss-reactive ketones (excluding diaryl/α,β-unsaturated/α-hetero) is 1. The molecule has 0 radical (unpaired) electrons. The number of ketones is 1. The van der Waals surface area contributed by atoms with Crippen LogP contribution in [0.1, 0.15) is 85.5 Å². The summed E-state index contributed by atoms with van der Waals surface area (Å²) < 4.78 is 6.03. The molecule has 0 spiro atoms. The van der Waals surface area contributed by atoms with Crippen molar-refractivity contribution in [2.75, 3.05) is 0 Å². The van der Waals surface area contributed by atoms with Crippen molar-refractivity contribution in [1.29, 1.82) is 0 Å². The molecule has 6 nitrogen and oxygen atoms in total. The van der Waals surface area contributed by atoms with Crippen LogP contribution >= 0.6 is 0 Å². The van der Waals surface area contributed by atoms with Gasteiger partial charge in [-0.05, 0) is 80.0 Å². The van der Waals surface area contributed by atoms with Crippen LogP contribution in [0.4, 0.5) is 0 Å². The summed E-state index contributed by atoms with van der Waals surface area (Å²) in [6.45, 7) is 8.11. The van der Waals surface area contributed by atoms with E-state index in [-0.39, 0.29) is 70.9 Å². The van der Waals surface area contributed by atoms with Gasteiger partial charge in [-0.1, -0.05) is 20.8 Å². The minimum absolute atomic E-state index is 0.00938. The molecule has 0 saturated heterocycles. The van der Waals surface area contributed by atoms with Crippen molar-refractivity contribution in [3.63, 3.8) is 0 Å². The molecule has 180 valence electrons. The van der Waals surface area contributed by atoms with E-state index in [0.717, 1.165) is 25.7 Å². The Kier molecular flexibility index (Phi) is 6.23. The average molecular weight is 449 g/mol. The maximum atomic E-state index is 13.6. The molecule has 6 heteroatoms. The number of fused-ring (bicyclic) bond motifs is 5. The van der Waals surface area contributed by atoms with Crippen LogP contribution in [0.5, 0.6) is 0 Å². The van der Waals surface area contributed by atoms with Gasteiger partial charge < -0.3 is 14.9 Å². The lowest BCUT2D eigenvalue weighted by molar-refractivity contribution is -0.196. The number of hydrogen-bond donors (Lipinski definition) is 2. The minimum Gasteiger partial charge on any atom is -0.481 e. The fourth-order valence-electron chi connectivity index (χ4n) is 8.75. The first kappa shape index (κ1) is 23.7. The smallest absolute Gasteiger partial charge is 0.303 e. The first-order valence-corrected chi connectivity index (χ1v) is 12.6. The molecular weight excluding hydrogens is 408 g/mol. The summed E-state index contributed by atoms with van der Waals surface area (Å²) in [5.74, 6) is 0.248. The third-order valence-corrected chi connectivity index (χ3v) is 10.4. The fraction of sp³-hybridized carbons (Fsp3) is 0.885. The summed E-state index contributed by atoms with van der Waals surface area (Å²) in [5, 5.41) is 19.5. The molecule has 0 aliphatic heterocycles. The van der Waals surface area contributed by atoms with Gasteiger partial charge in [-0.25, -0.2) is 0 Å². The topological polar surface area (TPSA) is 101 Å². The van der Waals surface area contributed by atoms with E-state index in [1.807, 2.05) is 0 Å². The van der Waals surface area contributed by atoms with E-state index in [1.54, 1.807) is 0 Å². The first-order chi connectivity index (χ1) is 15.0. The Labute approximate surface area is 191 Å². The Morgan fingerprint density at radius 2 is 1.88 bits per heavy atom. The second kappa shape index (κ2) is 8.41. The molecule has 4 aliphatic rings. The molecule has 32 heavy (non-hydrogen) atoms. The van der Waals surface area contributed by atoms with E-state index in [0.29, 0.717) is 31.5 Å². The number of carbonyl (C=O) groups is 3. The largest absolute Gasteiger partial charge is 0.481 e. The number of hydrogen-bond acceptors (Lipinski definition) is 5.